The molecule has 0 unspecified atom stereocenters. The van der Waals surface area contributed by atoms with Crippen molar-refractivity contribution in [3.8, 4) is 0 Å². The molecule has 0 radical (unpaired) electrons. The number of rotatable bonds is 10. The number of nitrogens with zero attached hydrogens (tertiary/aromatic N) is 1. The molecule has 1 aliphatic rings. The quantitative estimate of drug-likeness (QED) is 0.445. The standard InChI is InChI=1S/C25H35F2N3O3S/c1-15(2)8-22-28-14-21(34-22)25(6-7-25)29-13-20(31)19(30-23(32)33-24(3,4)5)11-16-9-17(26)12-18(27)10-16/h9-10,12,14-15,19-20,29,31H,6-8,11,13H2,1-5H3,(H,30,32)/t19-,20+/m0/s1. The minimum Gasteiger partial charge on any atom is -0.444 e. The lowest BCUT2D eigenvalue weighted by Crippen LogP contribution is -2.51. The van der Waals surface area contributed by atoms with Crippen LogP contribution in [0.3, 0.4) is 0 Å². The van der Waals surface area contributed by atoms with Crippen molar-refractivity contribution in [2.24, 2.45) is 5.92 Å². The summed E-state index contributed by atoms with van der Waals surface area (Å²) in [6.45, 7) is 9.72. The van der Waals surface area contributed by atoms with E-state index in [1.165, 1.54) is 12.1 Å². The Kier molecular flexibility index (Phi) is 8.31. The third-order valence-electron chi connectivity index (χ3n) is 5.55. The zero-order chi connectivity index (χ0) is 25.1. The van der Waals surface area contributed by atoms with Crippen molar-refractivity contribution in [1.82, 2.24) is 15.6 Å². The van der Waals surface area contributed by atoms with Gasteiger partial charge >= 0.3 is 6.09 Å². The molecule has 0 aliphatic heterocycles. The summed E-state index contributed by atoms with van der Waals surface area (Å²) in [5, 5.41) is 18.2. The van der Waals surface area contributed by atoms with Crippen LogP contribution >= 0.6 is 11.3 Å². The van der Waals surface area contributed by atoms with E-state index in [1.807, 2.05) is 6.20 Å². The fraction of sp³-hybridized carbons (Fsp3) is 0.600. The summed E-state index contributed by atoms with van der Waals surface area (Å²) in [4.78, 5) is 18.1. The van der Waals surface area contributed by atoms with Crippen LogP contribution in [0.15, 0.2) is 24.4 Å². The Morgan fingerprint density at radius 2 is 1.85 bits per heavy atom. The highest BCUT2D eigenvalue weighted by Gasteiger charge is 2.46. The number of halogens is 2. The summed E-state index contributed by atoms with van der Waals surface area (Å²) in [7, 11) is 0. The first-order chi connectivity index (χ1) is 15.8. The number of aliphatic hydroxyl groups is 1. The second-order valence-electron chi connectivity index (χ2n) is 10.5. The minimum atomic E-state index is -1.01. The molecule has 3 rings (SSSR count). The van der Waals surface area contributed by atoms with Gasteiger partial charge in [0.25, 0.3) is 0 Å². The average molecular weight is 496 g/mol. The monoisotopic (exact) mass is 495 g/mol. The van der Waals surface area contributed by atoms with Gasteiger partial charge in [-0.05, 0) is 63.6 Å². The number of thiazole rings is 1. The third-order valence-corrected chi connectivity index (χ3v) is 6.78. The van der Waals surface area contributed by atoms with Crippen molar-refractivity contribution < 1.29 is 23.4 Å². The molecule has 2 atom stereocenters. The summed E-state index contributed by atoms with van der Waals surface area (Å²) >= 11 is 1.69. The fourth-order valence-electron chi connectivity index (χ4n) is 3.78. The van der Waals surface area contributed by atoms with Crippen molar-refractivity contribution in [3.05, 3.63) is 51.5 Å². The van der Waals surface area contributed by atoms with Crippen molar-refractivity contribution in [2.45, 2.75) is 83.6 Å². The van der Waals surface area contributed by atoms with Crippen LogP contribution in [0.4, 0.5) is 13.6 Å². The first-order valence-electron chi connectivity index (χ1n) is 11.7. The van der Waals surface area contributed by atoms with Gasteiger partial charge in [-0.15, -0.1) is 11.3 Å². The molecule has 0 saturated heterocycles. The molecule has 1 aromatic carbocycles. The number of aromatic nitrogens is 1. The molecule has 1 saturated carbocycles. The molecule has 1 aromatic heterocycles. The van der Waals surface area contributed by atoms with Crippen LogP contribution in [-0.4, -0.2) is 40.5 Å². The fourth-order valence-corrected chi connectivity index (χ4v) is 5.13. The average Bonchev–Trinajstić information content (AvgIpc) is 3.33. The molecule has 1 amide bonds. The number of nitrogens with one attached hydrogen (secondary N) is 2. The second-order valence-corrected chi connectivity index (χ2v) is 11.6. The van der Waals surface area contributed by atoms with Crippen LogP contribution in [0, 0.1) is 17.6 Å². The van der Waals surface area contributed by atoms with E-state index >= 15 is 0 Å². The summed E-state index contributed by atoms with van der Waals surface area (Å²) in [6, 6.07) is 2.38. The highest BCUT2D eigenvalue weighted by Crippen LogP contribution is 2.47. The van der Waals surface area contributed by atoms with Crippen LogP contribution in [0.2, 0.25) is 0 Å². The molecular weight excluding hydrogens is 460 g/mol. The molecule has 9 heteroatoms. The summed E-state index contributed by atoms with van der Waals surface area (Å²) in [5.41, 5.74) is -0.615. The van der Waals surface area contributed by atoms with Gasteiger partial charge < -0.3 is 20.5 Å². The smallest absolute Gasteiger partial charge is 0.407 e. The maximum Gasteiger partial charge on any atom is 0.407 e. The Hall–Kier alpha value is -2.10. The Balaban J connectivity index is 1.69. The maximum absolute atomic E-state index is 13.7. The molecule has 3 N–H and O–H groups in total. The maximum atomic E-state index is 13.7. The van der Waals surface area contributed by atoms with E-state index in [2.05, 4.69) is 29.5 Å². The number of aliphatic hydroxyl groups excluding tert-OH is 1. The first kappa shape index (κ1) is 26.5. The lowest BCUT2D eigenvalue weighted by Gasteiger charge is -2.28. The molecule has 1 aliphatic carbocycles. The molecule has 1 fully saturated rings. The van der Waals surface area contributed by atoms with Crippen molar-refractivity contribution in [3.63, 3.8) is 0 Å². The van der Waals surface area contributed by atoms with E-state index in [9.17, 15) is 18.7 Å². The van der Waals surface area contributed by atoms with Crippen molar-refractivity contribution >= 4 is 17.4 Å². The van der Waals surface area contributed by atoms with Crippen molar-refractivity contribution in [2.75, 3.05) is 6.54 Å². The van der Waals surface area contributed by atoms with Gasteiger partial charge in [0.15, 0.2) is 0 Å². The predicted octanol–water partition coefficient (Wildman–Crippen LogP) is 4.70. The van der Waals surface area contributed by atoms with Gasteiger partial charge in [0.1, 0.15) is 17.2 Å². The first-order valence-corrected chi connectivity index (χ1v) is 12.5. The van der Waals surface area contributed by atoms with E-state index in [-0.39, 0.29) is 18.5 Å². The summed E-state index contributed by atoms with van der Waals surface area (Å²) in [6.07, 6.45) is 3.03. The van der Waals surface area contributed by atoms with Crippen molar-refractivity contribution in [1.29, 1.82) is 0 Å². The minimum absolute atomic E-state index is 0.0445. The van der Waals surface area contributed by atoms with Crippen LogP contribution in [0.1, 0.15) is 62.9 Å². The number of carbonyl (C=O) groups excluding carboxylic acids is 1. The van der Waals surface area contributed by atoms with Gasteiger partial charge in [-0.25, -0.2) is 18.6 Å². The Morgan fingerprint density at radius 1 is 1.21 bits per heavy atom. The van der Waals surface area contributed by atoms with Gasteiger partial charge in [-0.2, -0.15) is 0 Å². The second kappa shape index (κ2) is 10.7. The predicted molar refractivity (Wildman–Crippen MR) is 129 cm³/mol. The van der Waals surface area contributed by atoms with Gasteiger partial charge in [0.05, 0.1) is 22.7 Å². The normalized spacial score (nSPS) is 16.9. The number of carbonyl (C=O) groups is 1. The highest BCUT2D eigenvalue weighted by molar-refractivity contribution is 7.11. The lowest BCUT2D eigenvalue weighted by atomic mass is 10.0. The molecule has 2 aromatic rings. The molecule has 0 spiro atoms. The Morgan fingerprint density at radius 3 is 2.41 bits per heavy atom. The van der Waals surface area contributed by atoms with E-state index < -0.39 is 35.5 Å². The highest BCUT2D eigenvalue weighted by atomic mass is 32.1. The number of ether oxygens (including phenoxy) is 1. The van der Waals surface area contributed by atoms with Crippen LogP contribution in [0.25, 0.3) is 0 Å². The van der Waals surface area contributed by atoms with Crippen LogP contribution in [-0.2, 0) is 23.1 Å². The Bertz CT molecular complexity index is 966. The number of benzene rings is 1. The van der Waals surface area contributed by atoms with Gasteiger partial charge in [0.2, 0.25) is 0 Å². The molecule has 1 heterocycles. The van der Waals surface area contributed by atoms with E-state index in [0.717, 1.165) is 35.2 Å². The molecular formula is C25H35F2N3O3S. The number of hydrogen-bond acceptors (Lipinski definition) is 6. The molecule has 6 nitrogen and oxygen atoms in total. The van der Waals surface area contributed by atoms with Gasteiger partial charge in [-0.1, -0.05) is 13.8 Å². The molecule has 188 valence electrons. The summed E-state index contributed by atoms with van der Waals surface area (Å²) < 4.78 is 32.8. The Labute approximate surface area is 204 Å². The van der Waals surface area contributed by atoms with E-state index in [0.29, 0.717) is 11.5 Å². The number of amides is 1. The lowest BCUT2D eigenvalue weighted by molar-refractivity contribution is 0.0419. The SMILES string of the molecule is CC(C)Cc1ncc(C2(NC[C@@H](O)[C@H](Cc3cc(F)cc(F)c3)NC(=O)OC(C)(C)C)CC2)s1. The summed E-state index contributed by atoms with van der Waals surface area (Å²) in [5.74, 6) is -0.896. The number of hydrogen-bond donors (Lipinski definition) is 3. The van der Waals surface area contributed by atoms with Gasteiger partial charge in [-0.3, -0.25) is 0 Å². The topological polar surface area (TPSA) is 83.5 Å². The largest absolute Gasteiger partial charge is 0.444 e. The third kappa shape index (κ3) is 7.71. The zero-order valence-corrected chi connectivity index (χ0v) is 21.3. The zero-order valence-electron chi connectivity index (χ0n) is 20.5. The molecule has 34 heavy (non-hydrogen) atoms. The van der Waals surface area contributed by atoms with Gasteiger partial charge in [0, 0.05) is 30.1 Å². The van der Waals surface area contributed by atoms with E-state index in [4.69, 9.17) is 4.74 Å². The van der Waals surface area contributed by atoms with E-state index in [1.54, 1.807) is 32.1 Å². The van der Waals surface area contributed by atoms with Crippen LogP contribution < -0.4 is 10.6 Å². The number of alkyl carbamates (subject to hydrolysis) is 1. The van der Waals surface area contributed by atoms with Crippen LogP contribution in [0.5, 0.6) is 0 Å². The molecule has 0 bridgehead atoms.